The Morgan fingerprint density at radius 1 is 1.19 bits per heavy atom. The Morgan fingerprint density at radius 2 is 1.96 bits per heavy atom. The number of rotatable bonds is 8. The number of ether oxygens (including phenoxy) is 1. The molecule has 2 aromatic rings. The molecule has 0 aliphatic rings. The van der Waals surface area contributed by atoms with E-state index in [4.69, 9.17) is 16.3 Å². The second kappa shape index (κ2) is 9.77. The Bertz CT molecular complexity index is 783. The lowest BCUT2D eigenvalue weighted by Crippen LogP contribution is -2.26. The summed E-state index contributed by atoms with van der Waals surface area (Å²) in [6.45, 7) is 2.66. The van der Waals surface area contributed by atoms with Crippen LogP contribution in [-0.4, -0.2) is 25.0 Å². The molecular formula is C19H20ClFN2O3. The lowest BCUT2D eigenvalue weighted by molar-refractivity contribution is -0.116. The van der Waals surface area contributed by atoms with Crippen molar-refractivity contribution in [3.63, 3.8) is 0 Å². The van der Waals surface area contributed by atoms with Gasteiger partial charge in [0, 0.05) is 18.7 Å². The smallest absolute Gasteiger partial charge is 0.255 e. The number of carbonyl (C=O) groups is 2. The van der Waals surface area contributed by atoms with Crippen LogP contribution in [0.25, 0.3) is 0 Å². The third-order valence-corrected chi connectivity index (χ3v) is 3.79. The van der Waals surface area contributed by atoms with Crippen LogP contribution >= 0.6 is 11.6 Å². The summed E-state index contributed by atoms with van der Waals surface area (Å²) in [5.41, 5.74) is 0.885. The molecule has 2 aromatic carbocycles. The van der Waals surface area contributed by atoms with Gasteiger partial charge in [-0.15, -0.1) is 0 Å². The Balaban J connectivity index is 1.76. The predicted octanol–water partition coefficient (Wildman–Crippen LogP) is 4.03. The third-order valence-electron chi connectivity index (χ3n) is 3.50. The standard InChI is InChI=1S/C19H20ClFN2O3/c1-2-26-17-7-4-3-6-14(17)19(25)22-11-5-8-18(24)23-13-9-10-16(21)15(20)12-13/h3-4,6-7,9-10,12H,2,5,8,11H2,1H3,(H,22,25)(H,23,24). The highest BCUT2D eigenvalue weighted by molar-refractivity contribution is 6.31. The highest BCUT2D eigenvalue weighted by Crippen LogP contribution is 2.20. The van der Waals surface area contributed by atoms with E-state index >= 15 is 0 Å². The van der Waals surface area contributed by atoms with E-state index < -0.39 is 5.82 Å². The molecule has 0 aliphatic heterocycles. The average Bonchev–Trinajstić information content (AvgIpc) is 2.62. The summed E-state index contributed by atoms with van der Waals surface area (Å²) in [5, 5.41) is 5.34. The number of amides is 2. The zero-order valence-corrected chi connectivity index (χ0v) is 15.1. The van der Waals surface area contributed by atoms with Crippen LogP contribution in [0, 0.1) is 5.82 Å². The minimum atomic E-state index is -0.542. The maximum absolute atomic E-state index is 13.1. The summed E-state index contributed by atoms with van der Waals surface area (Å²) >= 11 is 5.67. The first-order valence-electron chi connectivity index (χ1n) is 8.26. The summed E-state index contributed by atoms with van der Waals surface area (Å²) in [7, 11) is 0. The second-order valence-corrected chi connectivity index (χ2v) is 5.87. The number of para-hydroxylation sites is 1. The van der Waals surface area contributed by atoms with Gasteiger partial charge in [0.1, 0.15) is 11.6 Å². The van der Waals surface area contributed by atoms with Crippen molar-refractivity contribution < 1.29 is 18.7 Å². The maximum Gasteiger partial charge on any atom is 0.255 e. The normalized spacial score (nSPS) is 10.3. The second-order valence-electron chi connectivity index (χ2n) is 5.47. The number of hydrogen-bond acceptors (Lipinski definition) is 3. The SMILES string of the molecule is CCOc1ccccc1C(=O)NCCCC(=O)Nc1ccc(F)c(Cl)c1. The van der Waals surface area contributed by atoms with Gasteiger partial charge in [0.25, 0.3) is 5.91 Å². The van der Waals surface area contributed by atoms with Crippen LogP contribution in [0.4, 0.5) is 10.1 Å². The van der Waals surface area contributed by atoms with Crippen molar-refractivity contribution in [3.05, 3.63) is 58.9 Å². The lowest BCUT2D eigenvalue weighted by atomic mass is 10.2. The van der Waals surface area contributed by atoms with E-state index in [1.807, 2.05) is 6.92 Å². The predicted molar refractivity (Wildman–Crippen MR) is 99.2 cm³/mol. The molecule has 0 atom stereocenters. The largest absolute Gasteiger partial charge is 0.493 e. The molecule has 0 radical (unpaired) electrons. The van der Waals surface area contributed by atoms with Gasteiger partial charge in [-0.3, -0.25) is 9.59 Å². The van der Waals surface area contributed by atoms with Crippen LogP contribution < -0.4 is 15.4 Å². The number of anilines is 1. The number of hydrogen-bond donors (Lipinski definition) is 2. The molecule has 0 heterocycles. The summed E-state index contributed by atoms with van der Waals surface area (Å²) in [6, 6.07) is 11.0. The zero-order valence-electron chi connectivity index (χ0n) is 14.4. The first-order valence-corrected chi connectivity index (χ1v) is 8.64. The molecule has 0 saturated heterocycles. The van der Waals surface area contributed by atoms with Gasteiger partial charge in [0.15, 0.2) is 0 Å². The van der Waals surface area contributed by atoms with Crippen molar-refractivity contribution >= 4 is 29.1 Å². The minimum Gasteiger partial charge on any atom is -0.493 e. The van der Waals surface area contributed by atoms with Gasteiger partial charge in [-0.2, -0.15) is 0 Å². The number of carbonyl (C=O) groups excluding carboxylic acids is 2. The number of nitrogens with one attached hydrogen (secondary N) is 2. The molecule has 0 aromatic heterocycles. The fourth-order valence-electron chi connectivity index (χ4n) is 2.28. The van der Waals surface area contributed by atoms with Crippen molar-refractivity contribution in [2.75, 3.05) is 18.5 Å². The molecular weight excluding hydrogens is 359 g/mol. The molecule has 26 heavy (non-hydrogen) atoms. The third kappa shape index (κ3) is 5.74. The highest BCUT2D eigenvalue weighted by Gasteiger charge is 2.11. The van der Waals surface area contributed by atoms with Crippen LogP contribution in [0.3, 0.4) is 0 Å². The Kier molecular flexibility index (Phi) is 7.41. The summed E-state index contributed by atoms with van der Waals surface area (Å²) < 4.78 is 18.5. The van der Waals surface area contributed by atoms with Crippen LogP contribution in [0.2, 0.25) is 5.02 Å². The topological polar surface area (TPSA) is 67.4 Å². The Hall–Kier alpha value is -2.60. The van der Waals surface area contributed by atoms with Gasteiger partial charge in [0.05, 0.1) is 17.2 Å². The molecule has 0 aliphatic carbocycles. The number of benzene rings is 2. The van der Waals surface area contributed by atoms with E-state index in [0.29, 0.717) is 36.6 Å². The Morgan fingerprint density at radius 3 is 2.69 bits per heavy atom. The quantitative estimate of drug-likeness (QED) is 0.681. The molecule has 0 bridgehead atoms. The fraction of sp³-hybridized carbons (Fsp3) is 0.263. The van der Waals surface area contributed by atoms with Gasteiger partial charge in [-0.25, -0.2) is 4.39 Å². The van der Waals surface area contributed by atoms with E-state index in [1.54, 1.807) is 24.3 Å². The summed E-state index contributed by atoms with van der Waals surface area (Å²) in [5.74, 6) is -0.505. The van der Waals surface area contributed by atoms with Gasteiger partial charge < -0.3 is 15.4 Å². The van der Waals surface area contributed by atoms with Crippen LogP contribution in [0.1, 0.15) is 30.1 Å². The molecule has 0 saturated carbocycles. The van der Waals surface area contributed by atoms with E-state index in [9.17, 15) is 14.0 Å². The van der Waals surface area contributed by atoms with Crippen molar-refractivity contribution in [2.45, 2.75) is 19.8 Å². The van der Waals surface area contributed by atoms with Crippen LogP contribution in [0.5, 0.6) is 5.75 Å². The molecule has 2 amide bonds. The molecule has 0 fully saturated rings. The van der Waals surface area contributed by atoms with Crippen LogP contribution in [-0.2, 0) is 4.79 Å². The van der Waals surface area contributed by atoms with E-state index in [-0.39, 0.29) is 23.3 Å². The van der Waals surface area contributed by atoms with Crippen molar-refractivity contribution in [1.82, 2.24) is 5.32 Å². The van der Waals surface area contributed by atoms with E-state index in [1.165, 1.54) is 18.2 Å². The zero-order chi connectivity index (χ0) is 18.9. The molecule has 5 nitrogen and oxygen atoms in total. The molecule has 2 N–H and O–H groups in total. The molecule has 0 unspecified atom stereocenters. The number of halogens is 2. The van der Waals surface area contributed by atoms with Gasteiger partial charge in [0.2, 0.25) is 5.91 Å². The molecule has 138 valence electrons. The molecule has 7 heteroatoms. The lowest BCUT2D eigenvalue weighted by Gasteiger charge is -2.10. The molecule has 0 spiro atoms. The van der Waals surface area contributed by atoms with E-state index in [0.717, 1.165) is 0 Å². The van der Waals surface area contributed by atoms with Gasteiger partial charge in [-0.1, -0.05) is 23.7 Å². The summed E-state index contributed by atoms with van der Waals surface area (Å²) in [6.07, 6.45) is 0.672. The minimum absolute atomic E-state index is 0.0528. The van der Waals surface area contributed by atoms with Crippen molar-refractivity contribution in [2.24, 2.45) is 0 Å². The van der Waals surface area contributed by atoms with Crippen LogP contribution in [0.15, 0.2) is 42.5 Å². The van der Waals surface area contributed by atoms with E-state index in [2.05, 4.69) is 10.6 Å². The summed E-state index contributed by atoms with van der Waals surface area (Å²) in [4.78, 5) is 24.1. The fourth-order valence-corrected chi connectivity index (χ4v) is 2.46. The Labute approximate surface area is 156 Å². The monoisotopic (exact) mass is 378 g/mol. The average molecular weight is 379 g/mol. The first kappa shape index (κ1) is 19.7. The van der Waals surface area contributed by atoms with Gasteiger partial charge in [-0.05, 0) is 43.7 Å². The maximum atomic E-state index is 13.1. The van der Waals surface area contributed by atoms with Gasteiger partial charge >= 0.3 is 0 Å². The first-order chi connectivity index (χ1) is 12.5. The molecule has 2 rings (SSSR count). The highest BCUT2D eigenvalue weighted by atomic mass is 35.5. The van der Waals surface area contributed by atoms with Crippen molar-refractivity contribution in [1.29, 1.82) is 0 Å². The van der Waals surface area contributed by atoms with Crippen molar-refractivity contribution in [3.8, 4) is 5.75 Å².